The maximum atomic E-state index is 13.4. The number of ether oxygens (including phenoxy) is 3. The van der Waals surface area contributed by atoms with Gasteiger partial charge in [-0.05, 0) is 87.7 Å². The number of benzene rings is 4. The minimum atomic E-state index is -3.03. The molecular formula is C40H29BrCl2F4N6O6. The Labute approximate surface area is 351 Å². The number of halogens is 7. The first kappa shape index (κ1) is 45.3. The number of aromatic nitrogens is 4. The van der Waals surface area contributed by atoms with Gasteiger partial charge in [0.05, 0.1) is 63.2 Å². The lowest BCUT2D eigenvalue weighted by Crippen LogP contribution is -2.24. The summed E-state index contributed by atoms with van der Waals surface area (Å²) in [6, 6.07) is 26.0. The monoisotopic (exact) mass is 914 g/mol. The number of phenols is 1. The Morgan fingerprint density at radius 1 is 0.695 bits per heavy atom. The van der Waals surface area contributed by atoms with Gasteiger partial charge in [-0.1, -0.05) is 47.5 Å². The van der Waals surface area contributed by atoms with E-state index in [9.17, 15) is 27.2 Å². The largest absolute Gasteiger partial charge is 0.508 e. The maximum absolute atomic E-state index is 13.4. The summed E-state index contributed by atoms with van der Waals surface area (Å²) < 4.78 is 69.7. The summed E-state index contributed by atoms with van der Waals surface area (Å²) in [5.41, 5.74) is -0.555. The first-order chi connectivity index (χ1) is 28.1. The number of methoxy groups -OCH3 is 2. The molecule has 0 atom stereocenters. The molecule has 0 radical (unpaired) electrons. The molecule has 2 heterocycles. The smallest absolute Gasteiger partial charge is 0.297 e. The highest BCUT2D eigenvalue weighted by atomic mass is 79.9. The standard InChI is InChI=1S/C20H14ClF2N3O3.C13H11BrF2N2O2.C7H4ClNO/c1-28-15-4-2-12(3-5-15)10-26-11-25-17(19(22)23)18(20(26)27)29-16-7-13(9-24)6-14(21)8-16;1-20-9-4-2-8(3-5-9)6-18-7-17-11(12(15)16)10(14)13(18)19;8-6-1-5(4-9)2-7(10)3-6/h2-8,11,19H,10H2,1H3;2-5,7,12H,6H2,1H3;1-3,10H. The highest BCUT2D eigenvalue weighted by Crippen LogP contribution is 2.30. The summed E-state index contributed by atoms with van der Waals surface area (Å²) in [5, 5.41) is 26.8. The van der Waals surface area contributed by atoms with E-state index in [-0.39, 0.29) is 39.6 Å². The van der Waals surface area contributed by atoms with Crippen LogP contribution in [0.2, 0.25) is 10.0 Å². The molecule has 304 valence electrons. The number of alkyl halides is 4. The van der Waals surface area contributed by atoms with E-state index in [1.807, 2.05) is 12.1 Å². The number of hydrogen-bond donors (Lipinski definition) is 1. The van der Waals surface area contributed by atoms with Crippen molar-refractivity contribution in [3.63, 3.8) is 0 Å². The van der Waals surface area contributed by atoms with Gasteiger partial charge in [0.1, 0.15) is 33.2 Å². The van der Waals surface area contributed by atoms with Gasteiger partial charge in [-0.15, -0.1) is 0 Å². The Balaban J connectivity index is 0.000000220. The molecule has 4 aromatic carbocycles. The first-order valence-electron chi connectivity index (χ1n) is 16.6. The summed E-state index contributed by atoms with van der Waals surface area (Å²) in [6.45, 7) is 0.340. The minimum Gasteiger partial charge on any atom is -0.508 e. The summed E-state index contributed by atoms with van der Waals surface area (Å²) in [7, 11) is 3.09. The van der Waals surface area contributed by atoms with Crippen LogP contribution in [-0.2, 0) is 13.1 Å². The van der Waals surface area contributed by atoms with E-state index in [1.165, 1.54) is 48.1 Å². The fraction of sp³-hybridized carbons (Fsp3) is 0.150. The van der Waals surface area contributed by atoms with E-state index in [0.29, 0.717) is 22.1 Å². The predicted octanol–water partition coefficient (Wildman–Crippen LogP) is 9.47. The lowest BCUT2D eigenvalue weighted by molar-refractivity contribution is 0.141. The van der Waals surface area contributed by atoms with Crippen LogP contribution < -0.4 is 25.3 Å². The number of rotatable bonds is 10. The summed E-state index contributed by atoms with van der Waals surface area (Å²) in [6.07, 6.45) is -3.64. The van der Waals surface area contributed by atoms with Gasteiger partial charge in [-0.2, -0.15) is 10.5 Å². The summed E-state index contributed by atoms with van der Waals surface area (Å²) >= 11 is 14.3. The van der Waals surface area contributed by atoms with Gasteiger partial charge in [0, 0.05) is 10.0 Å². The zero-order valence-corrected chi connectivity index (χ0v) is 33.7. The van der Waals surface area contributed by atoms with Gasteiger partial charge in [-0.3, -0.25) is 18.7 Å². The topological polar surface area (TPSA) is 165 Å². The zero-order valence-electron chi connectivity index (χ0n) is 30.6. The molecule has 0 saturated heterocycles. The van der Waals surface area contributed by atoms with Crippen LogP contribution in [0.5, 0.6) is 28.7 Å². The highest BCUT2D eigenvalue weighted by Gasteiger charge is 2.22. The van der Waals surface area contributed by atoms with E-state index in [2.05, 4.69) is 25.9 Å². The second kappa shape index (κ2) is 21.4. The third-order valence-corrected chi connectivity index (χ3v) is 8.88. The lowest BCUT2D eigenvalue weighted by Gasteiger charge is -2.13. The van der Waals surface area contributed by atoms with Crippen molar-refractivity contribution in [2.45, 2.75) is 25.9 Å². The van der Waals surface area contributed by atoms with Crippen molar-refractivity contribution in [3.8, 4) is 40.9 Å². The van der Waals surface area contributed by atoms with Crippen molar-refractivity contribution >= 4 is 39.1 Å². The Hall–Kier alpha value is -6.40. The fourth-order valence-electron chi connectivity index (χ4n) is 4.89. The molecule has 1 N–H and O–H groups in total. The lowest BCUT2D eigenvalue weighted by atomic mass is 10.2. The van der Waals surface area contributed by atoms with Gasteiger partial charge in [0.25, 0.3) is 24.0 Å². The number of phenolic OH excluding ortho intramolecular Hbond substituents is 1. The first-order valence-corrected chi connectivity index (χ1v) is 18.2. The normalized spacial score (nSPS) is 10.4. The molecule has 6 aromatic rings. The molecular weight excluding hydrogens is 887 g/mol. The molecule has 0 aliphatic rings. The molecule has 0 bridgehead atoms. The summed E-state index contributed by atoms with van der Waals surface area (Å²) in [5.74, 6) is 0.724. The molecule has 0 unspecified atom stereocenters. The van der Waals surface area contributed by atoms with Crippen molar-refractivity contribution in [2.75, 3.05) is 14.2 Å². The van der Waals surface area contributed by atoms with Gasteiger partial charge in [0.2, 0.25) is 5.75 Å². The third kappa shape index (κ3) is 12.8. The van der Waals surface area contributed by atoms with Crippen LogP contribution in [-0.4, -0.2) is 38.4 Å². The van der Waals surface area contributed by atoms with Crippen LogP contribution in [0.1, 0.15) is 46.5 Å². The molecule has 0 amide bonds. The predicted molar refractivity (Wildman–Crippen MR) is 213 cm³/mol. The molecule has 0 aliphatic carbocycles. The van der Waals surface area contributed by atoms with Crippen molar-refractivity contribution < 1.29 is 36.9 Å². The molecule has 59 heavy (non-hydrogen) atoms. The van der Waals surface area contributed by atoms with E-state index in [4.69, 9.17) is 53.0 Å². The third-order valence-electron chi connectivity index (χ3n) is 7.70. The Kier molecular flexibility index (Phi) is 16.4. The number of nitriles is 2. The van der Waals surface area contributed by atoms with Crippen LogP contribution >= 0.6 is 39.1 Å². The second-order valence-electron chi connectivity index (χ2n) is 11.8. The van der Waals surface area contributed by atoms with Crippen LogP contribution in [0.15, 0.2) is 112 Å². The Morgan fingerprint density at radius 3 is 1.61 bits per heavy atom. The van der Waals surface area contributed by atoms with Crippen LogP contribution in [0.4, 0.5) is 17.6 Å². The molecule has 2 aromatic heterocycles. The van der Waals surface area contributed by atoms with E-state index in [0.717, 1.165) is 28.3 Å². The molecule has 0 aliphatic heterocycles. The minimum absolute atomic E-state index is 0.0166. The second-order valence-corrected chi connectivity index (χ2v) is 13.4. The van der Waals surface area contributed by atoms with Crippen molar-refractivity contribution in [2.24, 2.45) is 0 Å². The van der Waals surface area contributed by atoms with Crippen LogP contribution in [0.3, 0.4) is 0 Å². The number of hydrogen-bond acceptors (Lipinski definition) is 10. The average Bonchev–Trinajstić information content (AvgIpc) is 3.21. The number of aromatic hydroxyl groups is 1. The summed E-state index contributed by atoms with van der Waals surface area (Å²) in [4.78, 5) is 32.1. The van der Waals surface area contributed by atoms with Crippen LogP contribution in [0.25, 0.3) is 0 Å². The molecule has 12 nitrogen and oxygen atoms in total. The van der Waals surface area contributed by atoms with Gasteiger partial charge < -0.3 is 19.3 Å². The van der Waals surface area contributed by atoms with Crippen molar-refractivity contribution in [1.29, 1.82) is 10.5 Å². The molecule has 0 saturated carbocycles. The molecule has 19 heteroatoms. The number of nitrogens with zero attached hydrogens (tertiary/aromatic N) is 6. The van der Waals surface area contributed by atoms with Gasteiger partial charge >= 0.3 is 0 Å². The van der Waals surface area contributed by atoms with E-state index < -0.39 is 41.1 Å². The van der Waals surface area contributed by atoms with E-state index >= 15 is 0 Å². The van der Waals surface area contributed by atoms with Crippen molar-refractivity contribution in [3.05, 3.63) is 166 Å². The Bertz CT molecular complexity index is 2580. The molecule has 0 fully saturated rings. The van der Waals surface area contributed by atoms with Crippen molar-refractivity contribution in [1.82, 2.24) is 19.1 Å². The highest BCUT2D eigenvalue weighted by molar-refractivity contribution is 9.10. The molecule has 0 spiro atoms. The van der Waals surface area contributed by atoms with Gasteiger partial charge in [0.15, 0.2) is 5.69 Å². The maximum Gasteiger partial charge on any atom is 0.297 e. The quantitative estimate of drug-likeness (QED) is 0.131. The SMILES string of the molecule is COc1ccc(Cn2cnc(C(F)F)c(Br)c2=O)cc1.COc1ccc(Cn2cnc(C(F)F)c(Oc3cc(Cl)cc(C#N)c3)c2=O)cc1.N#Cc1cc(O)cc(Cl)c1. The fourth-order valence-corrected chi connectivity index (χ4v) is 5.84. The average molecular weight is 917 g/mol. The zero-order chi connectivity index (χ0) is 43.2. The van der Waals surface area contributed by atoms with E-state index in [1.54, 1.807) is 55.6 Å². The Morgan fingerprint density at radius 2 is 1.15 bits per heavy atom. The van der Waals surface area contributed by atoms with Gasteiger partial charge in [-0.25, -0.2) is 27.5 Å². The molecule has 6 rings (SSSR count). The van der Waals surface area contributed by atoms with Crippen LogP contribution in [0, 0.1) is 22.7 Å².